The van der Waals surface area contributed by atoms with Crippen LogP contribution in [0.15, 0.2) is 15.4 Å². The van der Waals surface area contributed by atoms with Crippen LogP contribution < -0.4 is 0 Å². The van der Waals surface area contributed by atoms with E-state index in [1.54, 1.807) is 13.8 Å². The van der Waals surface area contributed by atoms with Crippen LogP contribution in [-0.4, -0.2) is 18.7 Å². The topological polar surface area (TPSA) is 60.2 Å². The molecule has 1 aromatic rings. The summed E-state index contributed by atoms with van der Waals surface area (Å²) in [7, 11) is -3.09. The van der Waals surface area contributed by atoms with E-state index < -0.39 is 15.1 Å². The predicted molar refractivity (Wildman–Crippen MR) is 52.0 cm³/mol. The molecule has 0 fully saturated rings. The summed E-state index contributed by atoms with van der Waals surface area (Å²) >= 11 is 3.00. The average molecular weight is 268 g/mol. The van der Waals surface area contributed by atoms with Crippen LogP contribution in [0.5, 0.6) is 0 Å². The first-order chi connectivity index (χ1) is 5.92. The molecule has 0 saturated heterocycles. The molecule has 74 valence electrons. The Morgan fingerprint density at radius 1 is 1.62 bits per heavy atom. The smallest absolute Gasteiger partial charge is 0.264 e. The maximum Gasteiger partial charge on any atom is 0.264 e. The van der Waals surface area contributed by atoms with Gasteiger partial charge >= 0.3 is 0 Å². The number of aromatic nitrogens is 1. The molecule has 0 radical (unpaired) electrons. The van der Waals surface area contributed by atoms with Crippen molar-refractivity contribution in [2.45, 2.75) is 24.9 Å². The second-order valence-corrected chi connectivity index (χ2v) is 6.17. The van der Waals surface area contributed by atoms with Crippen molar-refractivity contribution in [1.29, 1.82) is 0 Å². The molecule has 0 aliphatic carbocycles. The van der Waals surface area contributed by atoms with Crippen LogP contribution in [0.3, 0.4) is 0 Å². The molecule has 0 aromatic carbocycles. The third-order valence-corrected chi connectivity index (χ3v) is 4.08. The number of rotatable bonds is 3. The molecule has 4 nitrogen and oxygen atoms in total. The van der Waals surface area contributed by atoms with Crippen LogP contribution >= 0.6 is 15.9 Å². The first kappa shape index (κ1) is 10.7. The Kier molecular flexibility index (Phi) is 3.13. The van der Waals surface area contributed by atoms with Crippen LogP contribution in [-0.2, 0) is 15.6 Å². The molecule has 6 heteroatoms. The van der Waals surface area contributed by atoms with Gasteiger partial charge in [0.25, 0.3) is 4.80 Å². The monoisotopic (exact) mass is 267 g/mol. The van der Waals surface area contributed by atoms with E-state index in [4.69, 9.17) is 4.42 Å². The van der Waals surface area contributed by atoms with Gasteiger partial charge < -0.3 is 4.42 Å². The van der Waals surface area contributed by atoms with E-state index in [1.807, 2.05) is 0 Å². The molecule has 0 unspecified atom stereocenters. The van der Waals surface area contributed by atoms with E-state index >= 15 is 0 Å². The van der Waals surface area contributed by atoms with E-state index in [2.05, 4.69) is 20.9 Å². The summed E-state index contributed by atoms with van der Waals surface area (Å²) in [5.41, 5.74) is 0. The Labute approximate surface area is 85.4 Å². The summed E-state index contributed by atoms with van der Waals surface area (Å²) in [4.78, 5) is 4.05. The molecule has 0 bridgehead atoms. The lowest BCUT2D eigenvalue weighted by atomic mass is 10.6. The van der Waals surface area contributed by atoms with E-state index in [0.717, 1.165) is 0 Å². The van der Waals surface area contributed by atoms with Crippen LogP contribution in [0.4, 0.5) is 0 Å². The summed E-state index contributed by atoms with van der Waals surface area (Å²) in [5.74, 6) is 0.268. The highest BCUT2D eigenvalue weighted by molar-refractivity contribution is 9.10. The normalized spacial score (nSPS) is 12.3. The Bertz CT molecular complexity index is 382. The van der Waals surface area contributed by atoms with Crippen molar-refractivity contribution in [3.05, 3.63) is 16.8 Å². The van der Waals surface area contributed by atoms with Gasteiger partial charge in [0.05, 0.1) is 11.4 Å². The molecule has 0 aliphatic heterocycles. The fourth-order valence-corrected chi connectivity index (χ4v) is 1.89. The quantitative estimate of drug-likeness (QED) is 0.838. The van der Waals surface area contributed by atoms with Gasteiger partial charge in [0.2, 0.25) is 0 Å². The fourth-order valence-electron chi connectivity index (χ4n) is 0.715. The van der Waals surface area contributed by atoms with Crippen LogP contribution in [0.2, 0.25) is 0 Å². The second kappa shape index (κ2) is 3.79. The van der Waals surface area contributed by atoms with Crippen LogP contribution in [0.25, 0.3) is 0 Å². The highest BCUT2D eigenvalue weighted by Gasteiger charge is 2.18. The van der Waals surface area contributed by atoms with Gasteiger partial charge in [-0.05, 0) is 13.8 Å². The fraction of sp³-hybridized carbons (Fsp3) is 0.571. The van der Waals surface area contributed by atoms with Crippen molar-refractivity contribution in [3.8, 4) is 0 Å². The first-order valence-electron chi connectivity index (χ1n) is 3.73. The molecule has 0 spiro atoms. The number of halogens is 1. The lowest BCUT2D eigenvalue weighted by Crippen LogP contribution is -2.15. The van der Waals surface area contributed by atoms with Crippen LogP contribution in [0, 0.1) is 0 Å². The molecule has 13 heavy (non-hydrogen) atoms. The molecule has 0 saturated carbocycles. The highest BCUT2D eigenvalue weighted by Crippen LogP contribution is 2.14. The summed E-state index contributed by atoms with van der Waals surface area (Å²) in [6.07, 6.45) is 1.41. The summed E-state index contributed by atoms with van der Waals surface area (Å²) < 4.78 is 27.8. The lowest BCUT2D eigenvalue weighted by molar-refractivity contribution is 0.490. The van der Waals surface area contributed by atoms with Crippen LogP contribution in [0.1, 0.15) is 19.6 Å². The molecular weight excluding hydrogens is 258 g/mol. The third kappa shape index (κ3) is 2.80. The minimum Gasteiger partial charge on any atom is -0.435 e. The van der Waals surface area contributed by atoms with Crippen molar-refractivity contribution >= 4 is 25.8 Å². The van der Waals surface area contributed by atoms with Gasteiger partial charge in [-0.15, -0.1) is 0 Å². The standard InChI is InChI=1S/C7H10BrNO3S/c1-5(2)13(10,11)4-6-3-9-7(8)12-6/h3,5H,4H2,1-2H3. The SMILES string of the molecule is CC(C)S(=O)(=O)Cc1cnc(Br)o1. The average Bonchev–Trinajstić information content (AvgIpc) is 2.34. The van der Waals surface area contributed by atoms with Gasteiger partial charge in [-0.2, -0.15) is 0 Å². The number of nitrogens with zero attached hydrogens (tertiary/aromatic N) is 1. The van der Waals surface area contributed by atoms with Gasteiger partial charge in [0.1, 0.15) is 11.5 Å². The number of hydrogen-bond acceptors (Lipinski definition) is 4. The minimum absolute atomic E-state index is 0.0940. The minimum atomic E-state index is -3.09. The Balaban J connectivity index is 2.81. The maximum atomic E-state index is 11.4. The van der Waals surface area contributed by atoms with Gasteiger partial charge in [-0.25, -0.2) is 13.4 Å². The van der Waals surface area contributed by atoms with Gasteiger partial charge in [-0.1, -0.05) is 0 Å². The van der Waals surface area contributed by atoms with Gasteiger partial charge in [0.15, 0.2) is 9.84 Å². The zero-order chi connectivity index (χ0) is 10.1. The molecule has 1 heterocycles. The van der Waals surface area contributed by atoms with Crippen molar-refractivity contribution in [2.24, 2.45) is 0 Å². The summed E-state index contributed by atoms with van der Waals surface area (Å²) in [6.45, 7) is 3.28. The molecule has 0 atom stereocenters. The molecule has 0 amide bonds. The van der Waals surface area contributed by atoms with Crippen molar-refractivity contribution in [3.63, 3.8) is 0 Å². The first-order valence-corrected chi connectivity index (χ1v) is 6.24. The molecule has 0 aliphatic rings. The van der Waals surface area contributed by atoms with E-state index in [-0.39, 0.29) is 5.75 Å². The summed E-state index contributed by atoms with van der Waals surface area (Å²) in [6, 6.07) is 0. The van der Waals surface area contributed by atoms with Crippen molar-refractivity contribution < 1.29 is 12.8 Å². The maximum absolute atomic E-state index is 11.4. The lowest BCUT2D eigenvalue weighted by Gasteiger charge is -2.03. The molecule has 1 aromatic heterocycles. The largest absolute Gasteiger partial charge is 0.435 e. The van der Waals surface area contributed by atoms with E-state index in [1.165, 1.54) is 6.20 Å². The molecule has 1 rings (SSSR count). The second-order valence-electron chi connectivity index (χ2n) is 2.94. The number of sulfone groups is 1. The van der Waals surface area contributed by atoms with Gasteiger partial charge in [-0.3, -0.25) is 0 Å². The van der Waals surface area contributed by atoms with E-state index in [9.17, 15) is 8.42 Å². The number of hydrogen-bond donors (Lipinski definition) is 0. The predicted octanol–water partition coefficient (Wildman–Crippen LogP) is 1.76. The third-order valence-electron chi connectivity index (χ3n) is 1.59. The Hall–Kier alpha value is -0.360. The zero-order valence-corrected chi connectivity index (χ0v) is 9.72. The van der Waals surface area contributed by atoms with E-state index in [0.29, 0.717) is 10.6 Å². The zero-order valence-electron chi connectivity index (χ0n) is 7.32. The Morgan fingerprint density at radius 3 is 2.62 bits per heavy atom. The molecular formula is C7H10BrNO3S. The highest BCUT2D eigenvalue weighted by atomic mass is 79.9. The molecule has 0 N–H and O–H groups in total. The summed E-state index contributed by atoms with van der Waals surface area (Å²) in [5, 5.41) is -0.392. The Morgan fingerprint density at radius 2 is 2.23 bits per heavy atom. The van der Waals surface area contributed by atoms with Crippen molar-refractivity contribution in [2.75, 3.05) is 0 Å². The van der Waals surface area contributed by atoms with Gasteiger partial charge in [0, 0.05) is 15.9 Å². The van der Waals surface area contributed by atoms with Crippen molar-refractivity contribution in [1.82, 2.24) is 4.98 Å². The number of oxazole rings is 1.